The molecule has 0 saturated heterocycles. The average Bonchev–Trinajstić information content (AvgIpc) is 2.95. The molecule has 1 aromatic carbocycles. The minimum Gasteiger partial charge on any atom is -1.00 e. The van der Waals surface area contributed by atoms with Gasteiger partial charge in [-0.15, -0.1) is 6.42 Å². The van der Waals surface area contributed by atoms with Gasteiger partial charge in [0.1, 0.15) is 0 Å². The molecule has 0 nitrogen and oxygen atoms in total. The van der Waals surface area contributed by atoms with Crippen molar-refractivity contribution in [1.82, 2.24) is 0 Å². The third kappa shape index (κ3) is 2.91. The summed E-state index contributed by atoms with van der Waals surface area (Å²) in [6.45, 7) is 0. The van der Waals surface area contributed by atoms with E-state index in [1.165, 1.54) is 37.7 Å². The fourth-order valence-electron chi connectivity index (χ4n) is 5.05. The standard InChI is InChI=1S/C21H21.2ClH.Zr/c1-2-8-15-14(7-1)13-20-18-11-4-3-9-16(18)17-10-5-6-12-19(17)21(15)20;;;/h1-2,6-8,11-12,16-17H,3-5,9-10,13H2;2*1H;/q-1;;;+3/p-2. The van der Waals surface area contributed by atoms with Crippen molar-refractivity contribution in [3.8, 4) is 0 Å². The fourth-order valence-corrected chi connectivity index (χ4v) is 5.05. The van der Waals surface area contributed by atoms with Crippen molar-refractivity contribution in [1.29, 1.82) is 0 Å². The van der Waals surface area contributed by atoms with Crippen molar-refractivity contribution in [3.05, 3.63) is 70.7 Å². The molecule has 2 unspecified atom stereocenters. The SMILES string of the molecule is C1=CC2=C3C(=C4[CH-]CCCC4C2CC1)Cc1ccccc13.[Cl-].[Cl-].[Zr+3]. The topological polar surface area (TPSA) is 0 Å². The van der Waals surface area contributed by atoms with Crippen LogP contribution in [0.1, 0.15) is 43.2 Å². The molecule has 4 aliphatic carbocycles. The van der Waals surface area contributed by atoms with Gasteiger partial charge in [-0.25, -0.2) is 12.0 Å². The van der Waals surface area contributed by atoms with Gasteiger partial charge in [0.25, 0.3) is 0 Å². The molecular weight excluding hydrogens is 414 g/mol. The third-order valence-electron chi connectivity index (χ3n) is 5.90. The Balaban J connectivity index is 0.000000694. The first kappa shape index (κ1) is 20.1. The quantitative estimate of drug-likeness (QED) is 0.472. The summed E-state index contributed by atoms with van der Waals surface area (Å²) in [7, 11) is 0. The van der Waals surface area contributed by atoms with Crippen LogP contribution in [-0.4, -0.2) is 0 Å². The number of hydrogen-bond donors (Lipinski definition) is 0. The van der Waals surface area contributed by atoms with Gasteiger partial charge < -0.3 is 24.8 Å². The van der Waals surface area contributed by atoms with Crippen LogP contribution in [0.2, 0.25) is 0 Å². The van der Waals surface area contributed by atoms with Crippen LogP contribution in [0.15, 0.2) is 53.1 Å². The maximum absolute atomic E-state index is 2.57. The van der Waals surface area contributed by atoms with Gasteiger partial charge >= 0.3 is 26.2 Å². The Morgan fingerprint density at radius 1 is 1.00 bits per heavy atom. The Hall–Kier alpha value is -0.227. The summed E-state index contributed by atoms with van der Waals surface area (Å²) in [5.74, 6) is 1.60. The van der Waals surface area contributed by atoms with Crippen LogP contribution in [0.3, 0.4) is 0 Å². The number of fused-ring (bicyclic) bond motifs is 6. The Bertz CT molecular complexity index is 714. The van der Waals surface area contributed by atoms with Gasteiger partial charge in [-0.05, 0) is 36.7 Å². The van der Waals surface area contributed by atoms with Crippen LogP contribution in [0, 0.1) is 18.3 Å². The van der Waals surface area contributed by atoms with Crippen LogP contribution < -0.4 is 24.8 Å². The van der Waals surface area contributed by atoms with Crippen molar-refractivity contribution in [2.45, 2.75) is 38.5 Å². The molecule has 1 aromatic rings. The van der Waals surface area contributed by atoms with Crippen LogP contribution in [0.25, 0.3) is 5.57 Å². The van der Waals surface area contributed by atoms with E-state index in [9.17, 15) is 0 Å². The molecule has 0 heterocycles. The molecule has 0 bridgehead atoms. The van der Waals surface area contributed by atoms with Crippen LogP contribution >= 0.6 is 0 Å². The summed E-state index contributed by atoms with van der Waals surface area (Å²) >= 11 is 0. The van der Waals surface area contributed by atoms with E-state index in [0.29, 0.717) is 0 Å². The summed E-state index contributed by atoms with van der Waals surface area (Å²) in [6.07, 6.45) is 15.3. The number of halogens is 2. The normalized spacial score (nSPS) is 25.8. The molecule has 0 aliphatic heterocycles. The zero-order valence-electron chi connectivity index (χ0n) is 13.7. The Morgan fingerprint density at radius 2 is 1.83 bits per heavy atom. The summed E-state index contributed by atoms with van der Waals surface area (Å²) in [5.41, 5.74) is 9.71. The maximum Gasteiger partial charge on any atom is 3.00 e. The van der Waals surface area contributed by atoms with E-state index in [0.717, 1.165) is 18.3 Å². The van der Waals surface area contributed by atoms with E-state index < -0.39 is 0 Å². The smallest absolute Gasteiger partial charge is 1.00 e. The second-order valence-corrected chi connectivity index (χ2v) is 6.93. The van der Waals surface area contributed by atoms with E-state index in [4.69, 9.17) is 0 Å². The summed E-state index contributed by atoms with van der Waals surface area (Å²) in [5, 5.41) is 0. The van der Waals surface area contributed by atoms with Crippen molar-refractivity contribution < 1.29 is 51.0 Å². The second-order valence-electron chi connectivity index (χ2n) is 6.93. The van der Waals surface area contributed by atoms with Crippen molar-refractivity contribution >= 4 is 5.57 Å². The van der Waals surface area contributed by atoms with Crippen molar-refractivity contribution in [3.63, 3.8) is 0 Å². The summed E-state index contributed by atoms with van der Waals surface area (Å²) < 4.78 is 0. The Morgan fingerprint density at radius 3 is 2.71 bits per heavy atom. The monoisotopic (exact) mass is 433 g/mol. The van der Waals surface area contributed by atoms with Gasteiger partial charge in [0.2, 0.25) is 0 Å². The summed E-state index contributed by atoms with van der Waals surface area (Å²) in [6, 6.07) is 9.07. The first-order chi connectivity index (χ1) is 10.4. The van der Waals surface area contributed by atoms with Gasteiger partial charge in [0, 0.05) is 0 Å². The van der Waals surface area contributed by atoms with Gasteiger partial charge in [0.05, 0.1) is 0 Å². The van der Waals surface area contributed by atoms with Crippen molar-refractivity contribution in [2.75, 3.05) is 0 Å². The predicted molar refractivity (Wildman–Crippen MR) is 87.6 cm³/mol. The molecule has 2 atom stereocenters. The van der Waals surface area contributed by atoms with Crippen LogP contribution in [0.5, 0.6) is 0 Å². The molecule has 1 fully saturated rings. The summed E-state index contributed by atoms with van der Waals surface area (Å²) in [4.78, 5) is 0. The van der Waals surface area contributed by atoms with E-state index in [2.05, 4.69) is 42.8 Å². The molecule has 1 radical (unpaired) electrons. The maximum atomic E-state index is 2.57. The average molecular weight is 436 g/mol. The van der Waals surface area contributed by atoms with E-state index in [-0.39, 0.29) is 51.0 Å². The van der Waals surface area contributed by atoms with Crippen molar-refractivity contribution in [2.24, 2.45) is 11.8 Å². The van der Waals surface area contributed by atoms with Gasteiger partial charge in [0.15, 0.2) is 0 Å². The van der Waals surface area contributed by atoms with Gasteiger partial charge in [-0.3, -0.25) is 0 Å². The molecule has 4 aliphatic rings. The molecule has 1 saturated carbocycles. The molecule has 123 valence electrons. The molecule has 0 aromatic heterocycles. The van der Waals surface area contributed by atoms with Gasteiger partial charge in [-0.2, -0.15) is 5.57 Å². The number of benzene rings is 1. The number of rotatable bonds is 0. The fraction of sp³-hybridized carbons (Fsp3) is 0.381. The van der Waals surface area contributed by atoms with Gasteiger partial charge in [-0.1, -0.05) is 66.0 Å². The van der Waals surface area contributed by atoms with E-state index in [1.807, 2.05) is 0 Å². The molecule has 5 rings (SSSR count). The first-order valence-electron chi connectivity index (χ1n) is 8.49. The Kier molecular flexibility index (Phi) is 6.68. The van der Waals surface area contributed by atoms with E-state index in [1.54, 1.807) is 27.9 Å². The minimum absolute atomic E-state index is 0. The minimum atomic E-state index is 0. The molecular formula is C21H21Cl2Zr. The molecule has 3 heteroatoms. The predicted octanol–water partition coefficient (Wildman–Crippen LogP) is -0.717. The zero-order chi connectivity index (χ0) is 13.8. The molecule has 0 amide bonds. The van der Waals surface area contributed by atoms with E-state index >= 15 is 0 Å². The zero-order valence-corrected chi connectivity index (χ0v) is 17.7. The number of allylic oxidation sites excluding steroid dienone is 6. The van der Waals surface area contributed by atoms with Crippen LogP contribution in [-0.2, 0) is 32.6 Å². The Labute approximate surface area is 176 Å². The molecule has 0 N–H and O–H groups in total. The molecule has 0 spiro atoms. The number of hydrogen-bond acceptors (Lipinski definition) is 0. The van der Waals surface area contributed by atoms with Crippen LogP contribution in [0.4, 0.5) is 0 Å². The largest absolute Gasteiger partial charge is 3.00 e. The molecule has 24 heavy (non-hydrogen) atoms. The third-order valence-corrected chi connectivity index (χ3v) is 5.90. The first-order valence-corrected chi connectivity index (χ1v) is 8.49. The second kappa shape index (κ2) is 7.98.